The van der Waals surface area contributed by atoms with Crippen LogP contribution in [0.3, 0.4) is 0 Å². The van der Waals surface area contributed by atoms with Crippen LogP contribution in [0.15, 0.2) is 35.2 Å². The Balaban J connectivity index is 1.64. The van der Waals surface area contributed by atoms with E-state index in [1.807, 2.05) is 0 Å². The summed E-state index contributed by atoms with van der Waals surface area (Å²) < 4.78 is 50.0. The highest BCUT2D eigenvalue weighted by molar-refractivity contribution is 7.92. The minimum atomic E-state index is -3.87. The zero-order valence-corrected chi connectivity index (χ0v) is 15.2. The molecule has 0 saturated carbocycles. The van der Waals surface area contributed by atoms with Crippen LogP contribution in [0.25, 0.3) is 0 Å². The Kier molecular flexibility index (Phi) is 4.46. The van der Waals surface area contributed by atoms with E-state index < -0.39 is 10.0 Å². The van der Waals surface area contributed by atoms with Gasteiger partial charge in [-0.15, -0.1) is 0 Å². The van der Waals surface area contributed by atoms with Gasteiger partial charge in [0.1, 0.15) is 13.2 Å². The van der Waals surface area contributed by atoms with E-state index in [0.717, 1.165) is 6.42 Å². The molecule has 2 aromatic rings. The maximum atomic E-state index is 12.8. The number of fused-ring (bicyclic) bond motifs is 2. The van der Waals surface area contributed by atoms with Crippen molar-refractivity contribution in [1.82, 2.24) is 0 Å². The summed E-state index contributed by atoms with van der Waals surface area (Å²) in [5.74, 6) is 1.86. The molecule has 0 radical (unpaired) electrons. The molecule has 0 unspecified atom stereocenters. The Bertz CT molecular complexity index is 947. The number of rotatable bonds is 3. The third kappa shape index (κ3) is 3.34. The first-order valence-electron chi connectivity index (χ1n) is 8.04. The predicted octanol–water partition coefficient (Wildman–Crippen LogP) is 3.07. The molecule has 0 bridgehead atoms. The summed E-state index contributed by atoms with van der Waals surface area (Å²) in [5, 5.41) is 0.215. The van der Waals surface area contributed by atoms with E-state index in [1.54, 1.807) is 6.07 Å². The van der Waals surface area contributed by atoms with Crippen molar-refractivity contribution in [3.63, 3.8) is 0 Å². The molecule has 9 heteroatoms. The molecule has 0 spiro atoms. The molecule has 0 amide bonds. The number of ether oxygens (including phenoxy) is 4. The molecule has 2 aliphatic rings. The standard InChI is InChI=1S/C17H16ClNO6S/c18-12-9-16-17(25-7-6-24-16)10-13(12)19-26(20,21)11-2-3-14-15(8-11)23-5-1-4-22-14/h2-3,8-10,19H,1,4-7H2. The van der Waals surface area contributed by atoms with Crippen LogP contribution in [0.5, 0.6) is 23.0 Å². The molecule has 2 heterocycles. The van der Waals surface area contributed by atoms with Crippen molar-refractivity contribution in [3.8, 4) is 23.0 Å². The second-order valence-electron chi connectivity index (χ2n) is 5.74. The molecule has 26 heavy (non-hydrogen) atoms. The summed E-state index contributed by atoms with van der Waals surface area (Å²) >= 11 is 6.18. The van der Waals surface area contributed by atoms with E-state index in [-0.39, 0.29) is 15.6 Å². The Morgan fingerprint density at radius 2 is 1.42 bits per heavy atom. The lowest BCUT2D eigenvalue weighted by molar-refractivity contribution is 0.171. The molecule has 138 valence electrons. The highest BCUT2D eigenvalue weighted by atomic mass is 35.5. The van der Waals surface area contributed by atoms with Crippen LogP contribution < -0.4 is 23.7 Å². The fourth-order valence-electron chi connectivity index (χ4n) is 2.66. The fourth-order valence-corrected chi connectivity index (χ4v) is 4.00. The summed E-state index contributed by atoms with van der Waals surface area (Å²) in [4.78, 5) is 0.0488. The average Bonchev–Trinajstić information content (AvgIpc) is 2.87. The van der Waals surface area contributed by atoms with Gasteiger partial charge in [0.2, 0.25) is 0 Å². The molecule has 0 atom stereocenters. The molecule has 7 nitrogen and oxygen atoms in total. The van der Waals surface area contributed by atoms with Gasteiger partial charge in [0.05, 0.1) is 28.8 Å². The predicted molar refractivity (Wildman–Crippen MR) is 95.3 cm³/mol. The van der Waals surface area contributed by atoms with E-state index >= 15 is 0 Å². The summed E-state index contributed by atoms with van der Waals surface area (Å²) in [6.07, 6.45) is 0.738. The first-order valence-corrected chi connectivity index (χ1v) is 9.91. The molecule has 2 aromatic carbocycles. The molecular weight excluding hydrogens is 382 g/mol. The van der Waals surface area contributed by atoms with E-state index in [1.165, 1.54) is 24.3 Å². The molecular formula is C17H16ClNO6S. The van der Waals surface area contributed by atoms with Crippen molar-refractivity contribution < 1.29 is 27.4 Å². The highest BCUT2D eigenvalue weighted by Gasteiger charge is 2.22. The number of sulfonamides is 1. The third-order valence-corrected chi connectivity index (χ3v) is 5.58. The normalized spacial score (nSPS) is 15.9. The second-order valence-corrected chi connectivity index (χ2v) is 7.83. The lowest BCUT2D eigenvalue weighted by Crippen LogP contribution is -2.17. The molecule has 0 aliphatic carbocycles. The van der Waals surface area contributed by atoms with Gasteiger partial charge in [-0.05, 0) is 12.1 Å². The van der Waals surface area contributed by atoms with Crippen molar-refractivity contribution in [1.29, 1.82) is 0 Å². The number of nitrogens with one attached hydrogen (secondary N) is 1. The van der Waals surface area contributed by atoms with Crippen LogP contribution in [0.4, 0.5) is 5.69 Å². The quantitative estimate of drug-likeness (QED) is 0.857. The van der Waals surface area contributed by atoms with Crippen molar-refractivity contribution in [3.05, 3.63) is 35.4 Å². The van der Waals surface area contributed by atoms with Crippen LogP contribution in [0.2, 0.25) is 5.02 Å². The Morgan fingerprint density at radius 1 is 0.808 bits per heavy atom. The van der Waals surface area contributed by atoms with Gasteiger partial charge in [0, 0.05) is 24.6 Å². The van der Waals surface area contributed by atoms with Gasteiger partial charge >= 0.3 is 0 Å². The largest absolute Gasteiger partial charge is 0.490 e. The molecule has 0 fully saturated rings. The molecule has 0 saturated heterocycles. The highest BCUT2D eigenvalue weighted by Crippen LogP contribution is 2.39. The van der Waals surface area contributed by atoms with Crippen molar-refractivity contribution in [2.75, 3.05) is 31.1 Å². The summed E-state index contributed by atoms with van der Waals surface area (Å²) in [5.41, 5.74) is 0.211. The van der Waals surface area contributed by atoms with Gasteiger partial charge in [0.15, 0.2) is 23.0 Å². The first-order chi connectivity index (χ1) is 12.5. The third-order valence-electron chi connectivity index (χ3n) is 3.91. The molecule has 1 N–H and O–H groups in total. The maximum absolute atomic E-state index is 12.8. The fraction of sp³-hybridized carbons (Fsp3) is 0.294. The first kappa shape index (κ1) is 17.1. The Morgan fingerprint density at radius 3 is 2.19 bits per heavy atom. The van der Waals surface area contributed by atoms with Gasteiger partial charge in [-0.2, -0.15) is 0 Å². The van der Waals surface area contributed by atoms with Crippen LogP contribution in [0.1, 0.15) is 6.42 Å². The summed E-state index contributed by atoms with van der Waals surface area (Å²) in [6, 6.07) is 7.52. The average molecular weight is 398 g/mol. The number of hydrogen-bond acceptors (Lipinski definition) is 6. The molecule has 2 aliphatic heterocycles. The minimum Gasteiger partial charge on any atom is -0.490 e. The van der Waals surface area contributed by atoms with Gasteiger partial charge in [-0.3, -0.25) is 4.72 Å². The van der Waals surface area contributed by atoms with E-state index in [4.69, 9.17) is 30.5 Å². The SMILES string of the molecule is O=S(=O)(Nc1cc2c(cc1Cl)OCCO2)c1ccc2c(c1)OCCCO2. The zero-order valence-electron chi connectivity index (χ0n) is 13.7. The van der Waals surface area contributed by atoms with Crippen molar-refractivity contribution in [2.24, 2.45) is 0 Å². The van der Waals surface area contributed by atoms with E-state index in [9.17, 15) is 8.42 Å². The van der Waals surface area contributed by atoms with Crippen LogP contribution in [-0.2, 0) is 10.0 Å². The number of anilines is 1. The summed E-state index contributed by atoms with van der Waals surface area (Å²) in [6.45, 7) is 1.82. The molecule has 4 rings (SSSR count). The number of halogens is 1. The van der Waals surface area contributed by atoms with Gasteiger partial charge < -0.3 is 18.9 Å². The van der Waals surface area contributed by atoms with Gasteiger partial charge in [0.25, 0.3) is 10.0 Å². The summed E-state index contributed by atoms with van der Waals surface area (Å²) in [7, 11) is -3.87. The van der Waals surface area contributed by atoms with Crippen LogP contribution in [-0.4, -0.2) is 34.8 Å². The second kappa shape index (κ2) is 6.77. The lowest BCUT2D eigenvalue weighted by Gasteiger charge is -2.20. The smallest absolute Gasteiger partial charge is 0.262 e. The number of hydrogen-bond donors (Lipinski definition) is 1. The Labute approximate surface area is 155 Å². The zero-order chi connectivity index (χ0) is 18.1. The maximum Gasteiger partial charge on any atom is 0.262 e. The lowest BCUT2D eigenvalue weighted by atomic mass is 10.2. The topological polar surface area (TPSA) is 83.1 Å². The number of benzene rings is 2. The Hall–Kier alpha value is -2.32. The van der Waals surface area contributed by atoms with Gasteiger partial charge in [-0.1, -0.05) is 11.6 Å². The van der Waals surface area contributed by atoms with Crippen LogP contribution >= 0.6 is 11.6 Å². The van der Waals surface area contributed by atoms with Crippen molar-refractivity contribution >= 4 is 27.3 Å². The van der Waals surface area contributed by atoms with E-state index in [2.05, 4.69) is 4.72 Å². The monoisotopic (exact) mass is 397 g/mol. The minimum absolute atomic E-state index is 0.0488. The van der Waals surface area contributed by atoms with Gasteiger partial charge in [-0.25, -0.2) is 8.42 Å². The van der Waals surface area contributed by atoms with Crippen molar-refractivity contribution in [2.45, 2.75) is 11.3 Å². The van der Waals surface area contributed by atoms with Crippen LogP contribution in [0, 0.1) is 0 Å². The van der Waals surface area contributed by atoms with E-state index in [0.29, 0.717) is 49.4 Å². The molecule has 0 aromatic heterocycles.